The molecule has 0 aliphatic carbocycles. The number of amides is 1. The molecule has 0 bridgehead atoms. The number of rotatable bonds is 7. The lowest BCUT2D eigenvalue weighted by atomic mass is 10.3. The van der Waals surface area contributed by atoms with Crippen molar-refractivity contribution in [2.75, 3.05) is 55.7 Å². The van der Waals surface area contributed by atoms with E-state index < -0.39 is 0 Å². The van der Waals surface area contributed by atoms with Crippen LogP contribution in [0.3, 0.4) is 0 Å². The first-order valence-corrected chi connectivity index (χ1v) is 8.80. The van der Waals surface area contributed by atoms with E-state index in [1.54, 1.807) is 11.1 Å². The van der Waals surface area contributed by atoms with Gasteiger partial charge in [-0.2, -0.15) is 10.1 Å². The van der Waals surface area contributed by atoms with Gasteiger partial charge >= 0.3 is 6.09 Å². The summed E-state index contributed by atoms with van der Waals surface area (Å²) in [5, 5.41) is 8.32. The van der Waals surface area contributed by atoms with Gasteiger partial charge in [0.25, 0.3) is 0 Å². The Balaban J connectivity index is 2.00. The summed E-state index contributed by atoms with van der Waals surface area (Å²) in [5.41, 5.74) is 0. The van der Waals surface area contributed by atoms with Crippen molar-refractivity contribution in [1.29, 1.82) is 0 Å². The van der Waals surface area contributed by atoms with Crippen molar-refractivity contribution in [2.45, 2.75) is 33.6 Å². The highest BCUT2D eigenvalue weighted by molar-refractivity contribution is 5.68. The third kappa shape index (κ3) is 4.69. The van der Waals surface area contributed by atoms with Gasteiger partial charge in [-0.05, 0) is 19.8 Å². The van der Waals surface area contributed by atoms with E-state index in [9.17, 15) is 4.79 Å². The van der Waals surface area contributed by atoms with Crippen molar-refractivity contribution in [1.82, 2.24) is 20.1 Å². The number of hydrogen-bond donors (Lipinski definition) is 0. The highest BCUT2D eigenvalue weighted by Gasteiger charge is 2.23. The SMILES string of the molecule is CCCN(CCC)c1nncc(N2CCN(C(=O)OCC)CC2)n1. The number of carbonyl (C=O) groups excluding carboxylic acids is 1. The Kier molecular flexibility index (Phi) is 7.02. The minimum atomic E-state index is -0.240. The van der Waals surface area contributed by atoms with Crippen LogP contribution in [0.25, 0.3) is 0 Å². The molecule has 1 aliphatic rings. The molecule has 1 amide bonds. The molecule has 0 saturated carbocycles. The number of nitrogens with zero attached hydrogens (tertiary/aromatic N) is 6. The van der Waals surface area contributed by atoms with E-state index in [0.29, 0.717) is 25.6 Å². The van der Waals surface area contributed by atoms with Crippen LogP contribution in [0, 0.1) is 0 Å². The lowest BCUT2D eigenvalue weighted by molar-refractivity contribution is 0.105. The maximum absolute atomic E-state index is 11.8. The van der Waals surface area contributed by atoms with Gasteiger partial charge < -0.3 is 19.4 Å². The fourth-order valence-corrected chi connectivity index (χ4v) is 2.76. The molecule has 0 radical (unpaired) electrons. The average molecular weight is 336 g/mol. The van der Waals surface area contributed by atoms with Gasteiger partial charge in [0.15, 0.2) is 5.82 Å². The van der Waals surface area contributed by atoms with E-state index in [2.05, 4.69) is 38.8 Å². The predicted molar refractivity (Wildman–Crippen MR) is 93.4 cm³/mol. The summed E-state index contributed by atoms with van der Waals surface area (Å²) in [6, 6.07) is 0. The lowest BCUT2D eigenvalue weighted by Crippen LogP contribution is -2.49. The monoisotopic (exact) mass is 336 g/mol. The Hall–Kier alpha value is -2.12. The Bertz CT molecular complexity index is 513. The fraction of sp³-hybridized carbons (Fsp3) is 0.750. The summed E-state index contributed by atoms with van der Waals surface area (Å²) in [7, 11) is 0. The third-order valence-electron chi connectivity index (χ3n) is 3.93. The quantitative estimate of drug-likeness (QED) is 0.751. The molecular weight excluding hydrogens is 308 g/mol. The molecule has 1 saturated heterocycles. The van der Waals surface area contributed by atoms with Gasteiger partial charge in [-0.1, -0.05) is 13.8 Å². The van der Waals surface area contributed by atoms with Gasteiger partial charge in [0, 0.05) is 39.3 Å². The second kappa shape index (κ2) is 9.24. The zero-order valence-corrected chi connectivity index (χ0v) is 14.9. The van der Waals surface area contributed by atoms with Crippen LogP contribution in [0.1, 0.15) is 33.6 Å². The normalized spacial score (nSPS) is 14.6. The number of piperazine rings is 1. The van der Waals surface area contributed by atoms with E-state index >= 15 is 0 Å². The van der Waals surface area contributed by atoms with Gasteiger partial charge in [0.05, 0.1) is 12.8 Å². The minimum Gasteiger partial charge on any atom is -0.450 e. The van der Waals surface area contributed by atoms with Gasteiger partial charge in [-0.25, -0.2) is 4.79 Å². The first kappa shape index (κ1) is 18.2. The maximum atomic E-state index is 11.8. The van der Waals surface area contributed by atoms with Crippen LogP contribution in [-0.2, 0) is 4.74 Å². The van der Waals surface area contributed by atoms with E-state index in [-0.39, 0.29) is 6.09 Å². The average Bonchev–Trinajstić information content (AvgIpc) is 2.62. The van der Waals surface area contributed by atoms with E-state index in [1.807, 2.05) is 6.92 Å². The largest absolute Gasteiger partial charge is 0.450 e. The van der Waals surface area contributed by atoms with E-state index in [0.717, 1.165) is 44.8 Å². The van der Waals surface area contributed by atoms with Crippen LogP contribution < -0.4 is 9.80 Å². The highest BCUT2D eigenvalue weighted by Crippen LogP contribution is 2.16. The number of anilines is 2. The van der Waals surface area contributed by atoms with Gasteiger partial charge in [-0.15, -0.1) is 5.10 Å². The summed E-state index contributed by atoms with van der Waals surface area (Å²) in [6.07, 6.45) is 3.55. The molecule has 1 aromatic heterocycles. The van der Waals surface area contributed by atoms with Gasteiger partial charge in [0.1, 0.15) is 0 Å². The van der Waals surface area contributed by atoms with Crippen LogP contribution in [0.5, 0.6) is 0 Å². The molecular formula is C16H28N6O2. The molecule has 134 valence electrons. The Morgan fingerprint density at radius 1 is 1.17 bits per heavy atom. The van der Waals surface area contributed by atoms with Gasteiger partial charge in [0.2, 0.25) is 5.95 Å². The molecule has 0 atom stereocenters. The molecule has 8 heteroatoms. The summed E-state index contributed by atoms with van der Waals surface area (Å²) in [4.78, 5) is 22.5. The van der Waals surface area contributed by atoms with E-state index in [1.165, 1.54) is 0 Å². The third-order valence-corrected chi connectivity index (χ3v) is 3.93. The molecule has 24 heavy (non-hydrogen) atoms. The second-order valence-corrected chi connectivity index (χ2v) is 5.77. The molecule has 1 fully saturated rings. The summed E-state index contributed by atoms with van der Waals surface area (Å²) >= 11 is 0. The number of hydrogen-bond acceptors (Lipinski definition) is 7. The second-order valence-electron chi connectivity index (χ2n) is 5.77. The molecule has 1 aliphatic heterocycles. The first-order chi connectivity index (χ1) is 11.7. The highest BCUT2D eigenvalue weighted by atomic mass is 16.6. The van der Waals surface area contributed by atoms with Crippen molar-refractivity contribution < 1.29 is 9.53 Å². The van der Waals surface area contributed by atoms with Crippen molar-refractivity contribution in [3.63, 3.8) is 0 Å². The predicted octanol–water partition coefficient (Wildman–Crippen LogP) is 1.78. The lowest BCUT2D eigenvalue weighted by Gasteiger charge is -2.34. The Morgan fingerprint density at radius 3 is 2.42 bits per heavy atom. The van der Waals surface area contributed by atoms with Crippen molar-refractivity contribution >= 4 is 17.9 Å². The van der Waals surface area contributed by atoms with Gasteiger partial charge in [-0.3, -0.25) is 0 Å². The molecule has 8 nitrogen and oxygen atoms in total. The molecule has 2 heterocycles. The fourth-order valence-electron chi connectivity index (χ4n) is 2.76. The Labute approximate surface area is 143 Å². The zero-order chi connectivity index (χ0) is 17.4. The summed E-state index contributed by atoms with van der Waals surface area (Å²) < 4.78 is 5.05. The standard InChI is InChI=1S/C16H28N6O2/c1-4-7-21(8-5-2)15-18-14(13-17-19-15)20-9-11-22(12-10-20)16(23)24-6-3/h13H,4-12H2,1-3H3. The topological polar surface area (TPSA) is 74.7 Å². The molecule has 0 N–H and O–H groups in total. The first-order valence-electron chi connectivity index (χ1n) is 8.80. The zero-order valence-electron chi connectivity index (χ0n) is 14.9. The molecule has 1 aromatic rings. The molecule has 0 aromatic carbocycles. The van der Waals surface area contributed by atoms with Crippen LogP contribution >= 0.6 is 0 Å². The maximum Gasteiger partial charge on any atom is 0.409 e. The van der Waals surface area contributed by atoms with Crippen molar-refractivity contribution in [3.8, 4) is 0 Å². The number of carbonyl (C=O) groups is 1. The van der Waals surface area contributed by atoms with Crippen molar-refractivity contribution in [3.05, 3.63) is 6.20 Å². The molecule has 2 rings (SSSR count). The Morgan fingerprint density at radius 2 is 1.83 bits per heavy atom. The van der Waals surface area contributed by atoms with E-state index in [4.69, 9.17) is 4.74 Å². The molecule has 0 spiro atoms. The van der Waals surface area contributed by atoms with Crippen LogP contribution in [0.15, 0.2) is 6.20 Å². The van der Waals surface area contributed by atoms with Crippen LogP contribution in [-0.4, -0.2) is 72.0 Å². The summed E-state index contributed by atoms with van der Waals surface area (Å²) in [6.45, 7) is 11.1. The van der Waals surface area contributed by atoms with Crippen LogP contribution in [0.2, 0.25) is 0 Å². The summed E-state index contributed by atoms with van der Waals surface area (Å²) in [5.74, 6) is 1.50. The van der Waals surface area contributed by atoms with Crippen LogP contribution in [0.4, 0.5) is 16.6 Å². The minimum absolute atomic E-state index is 0.240. The van der Waals surface area contributed by atoms with Crippen molar-refractivity contribution in [2.24, 2.45) is 0 Å². The molecule has 0 unspecified atom stereocenters. The number of ether oxygens (including phenoxy) is 1. The number of aromatic nitrogens is 3. The smallest absolute Gasteiger partial charge is 0.409 e.